The second-order valence-electron chi connectivity index (χ2n) is 7.61. The van der Waals surface area contributed by atoms with Crippen LogP contribution in [0.25, 0.3) is 0 Å². The van der Waals surface area contributed by atoms with Gasteiger partial charge in [-0.05, 0) is 43.0 Å². The lowest BCUT2D eigenvalue weighted by Crippen LogP contribution is -2.49. The average molecular weight is 411 g/mol. The molecule has 0 fully saturated rings. The van der Waals surface area contributed by atoms with Gasteiger partial charge in [0.25, 0.3) is 0 Å². The average Bonchev–Trinajstić information content (AvgIpc) is 2.74. The Labute approximate surface area is 180 Å². The van der Waals surface area contributed by atoms with Crippen molar-refractivity contribution < 1.29 is 14.3 Å². The molecule has 1 N–H and O–H groups in total. The number of hydrogen-bond acceptors (Lipinski definition) is 3. The summed E-state index contributed by atoms with van der Waals surface area (Å²) in [5.41, 5.74) is 3.01. The molecular formula is C25H34N2O3. The van der Waals surface area contributed by atoms with E-state index >= 15 is 0 Å². The summed E-state index contributed by atoms with van der Waals surface area (Å²) >= 11 is 0. The van der Waals surface area contributed by atoms with Crippen LogP contribution in [0.5, 0.6) is 5.75 Å². The molecule has 0 aliphatic rings. The molecule has 0 saturated heterocycles. The van der Waals surface area contributed by atoms with Gasteiger partial charge in [0.05, 0.1) is 13.5 Å². The lowest BCUT2D eigenvalue weighted by atomic mass is 10.0. The van der Waals surface area contributed by atoms with Crippen LogP contribution in [0.4, 0.5) is 0 Å². The van der Waals surface area contributed by atoms with E-state index in [9.17, 15) is 9.59 Å². The van der Waals surface area contributed by atoms with Gasteiger partial charge in [0.15, 0.2) is 0 Å². The van der Waals surface area contributed by atoms with Crippen LogP contribution in [-0.4, -0.2) is 36.4 Å². The summed E-state index contributed by atoms with van der Waals surface area (Å²) in [6.45, 7) is 7.04. The first-order valence-electron chi connectivity index (χ1n) is 10.7. The molecule has 5 heteroatoms. The first-order chi connectivity index (χ1) is 14.5. The molecule has 0 spiro atoms. The molecule has 30 heavy (non-hydrogen) atoms. The van der Waals surface area contributed by atoms with E-state index in [4.69, 9.17) is 4.74 Å². The SMILES string of the molecule is CCCCNC(=O)C(CC)N(Cc1cccc(OC)c1)C(=O)Cc1cccc(C)c1. The van der Waals surface area contributed by atoms with Gasteiger partial charge in [0.1, 0.15) is 11.8 Å². The summed E-state index contributed by atoms with van der Waals surface area (Å²) in [6.07, 6.45) is 2.76. The largest absolute Gasteiger partial charge is 0.497 e. The fraction of sp³-hybridized carbons (Fsp3) is 0.440. The molecule has 1 unspecified atom stereocenters. The third-order valence-electron chi connectivity index (χ3n) is 5.14. The number of carbonyl (C=O) groups is 2. The summed E-state index contributed by atoms with van der Waals surface area (Å²) in [4.78, 5) is 27.9. The maximum Gasteiger partial charge on any atom is 0.242 e. The van der Waals surface area contributed by atoms with Gasteiger partial charge < -0.3 is 15.0 Å². The zero-order chi connectivity index (χ0) is 21.9. The highest BCUT2D eigenvalue weighted by Crippen LogP contribution is 2.18. The minimum Gasteiger partial charge on any atom is -0.497 e. The van der Waals surface area contributed by atoms with Crippen LogP contribution in [0, 0.1) is 6.92 Å². The first-order valence-corrected chi connectivity index (χ1v) is 10.7. The first kappa shape index (κ1) is 23.5. The predicted octanol–water partition coefficient (Wildman–Crippen LogP) is 4.27. The van der Waals surface area contributed by atoms with Crippen LogP contribution in [0.3, 0.4) is 0 Å². The minimum atomic E-state index is -0.509. The minimum absolute atomic E-state index is 0.0547. The normalized spacial score (nSPS) is 11.6. The Morgan fingerprint density at radius 1 is 1.07 bits per heavy atom. The van der Waals surface area contributed by atoms with Crippen molar-refractivity contribution in [3.05, 3.63) is 65.2 Å². The number of hydrogen-bond donors (Lipinski definition) is 1. The van der Waals surface area contributed by atoms with Crippen LogP contribution in [0.2, 0.25) is 0 Å². The van der Waals surface area contributed by atoms with Gasteiger partial charge in [-0.25, -0.2) is 0 Å². The van der Waals surface area contributed by atoms with E-state index in [1.807, 2.05) is 62.4 Å². The number of methoxy groups -OCH3 is 1. The summed E-state index contributed by atoms with van der Waals surface area (Å²) in [6, 6.07) is 15.1. The summed E-state index contributed by atoms with van der Waals surface area (Å²) in [5, 5.41) is 2.99. The highest BCUT2D eigenvalue weighted by atomic mass is 16.5. The molecule has 2 aromatic carbocycles. The number of carbonyl (C=O) groups excluding carboxylic acids is 2. The van der Waals surface area contributed by atoms with E-state index in [0.717, 1.165) is 35.3 Å². The molecule has 1 atom stereocenters. The lowest BCUT2D eigenvalue weighted by Gasteiger charge is -2.31. The lowest BCUT2D eigenvalue weighted by molar-refractivity contribution is -0.140. The third kappa shape index (κ3) is 6.90. The fourth-order valence-electron chi connectivity index (χ4n) is 3.49. The van der Waals surface area contributed by atoms with Crippen molar-refractivity contribution in [3.8, 4) is 5.75 Å². The van der Waals surface area contributed by atoms with Crippen molar-refractivity contribution in [1.29, 1.82) is 0 Å². The Kier molecular flexibility index (Phi) is 9.39. The zero-order valence-electron chi connectivity index (χ0n) is 18.6. The number of rotatable bonds is 11. The molecule has 2 amide bonds. The van der Waals surface area contributed by atoms with Crippen molar-refractivity contribution in [3.63, 3.8) is 0 Å². The summed E-state index contributed by atoms with van der Waals surface area (Å²) < 4.78 is 5.32. The van der Waals surface area contributed by atoms with E-state index in [1.165, 1.54) is 0 Å². The van der Waals surface area contributed by atoms with Gasteiger partial charge in [-0.3, -0.25) is 9.59 Å². The Balaban J connectivity index is 2.26. The molecule has 0 radical (unpaired) electrons. The Bertz CT molecular complexity index is 835. The highest BCUT2D eigenvalue weighted by molar-refractivity contribution is 5.88. The van der Waals surface area contributed by atoms with E-state index in [-0.39, 0.29) is 18.2 Å². The highest BCUT2D eigenvalue weighted by Gasteiger charge is 2.28. The maximum absolute atomic E-state index is 13.3. The van der Waals surface area contributed by atoms with Crippen LogP contribution < -0.4 is 10.1 Å². The number of nitrogens with zero attached hydrogens (tertiary/aromatic N) is 1. The Hall–Kier alpha value is -2.82. The maximum atomic E-state index is 13.3. The molecule has 0 heterocycles. The van der Waals surface area contributed by atoms with Crippen molar-refractivity contribution in [2.75, 3.05) is 13.7 Å². The van der Waals surface area contributed by atoms with E-state index in [1.54, 1.807) is 12.0 Å². The van der Waals surface area contributed by atoms with Crippen molar-refractivity contribution >= 4 is 11.8 Å². The molecule has 0 saturated carbocycles. The summed E-state index contributed by atoms with van der Waals surface area (Å²) in [5.74, 6) is 0.589. The van der Waals surface area contributed by atoms with Crippen LogP contribution in [0.1, 0.15) is 49.8 Å². The van der Waals surface area contributed by atoms with E-state index in [0.29, 0.717) is 19.5 Å². The molecule has 2 rings (SSSR count). The van der Waals surface area contributed by atoms with Crippen LogP contribution in [0.15, 0.2) is 48.5 Å². The van der Waals surface area contributed by atoms with Crippen molar-refractivity contribution in [2.45, 2.75) is 59.0 Å². The molecule has 2 aromatic rings. The van der Waals surface area contributed by atoms with Gasteiger partial charge in [-0.1, -0.05) is 62.2 Å². The molecule has 0 aliphatic heterocycles. The Morgan fingerprint density at radius 3 is 2.47 bits per heavy atom. The van der Waals surface area contributed by atoms with Gasteiger partial charge in [0, 0.05) is 13.1 Å². The smallest absolute Gasteiger partial charge is 0.242 e. The zero-order valence-corrected chi connectivity index (χ0v) is 18.6. The monoisotopic (exact) mass is 410 g/mol. The molecule has 162 valence electrons. The standard InChI is InChI=1S/C25H34N2O3/c1-5-7-14-26-25(29)23(6-2)27(18-21-12-9-13-22(16-21)30-4)24(28)17-20-11-8-10-19(3)15-20/h8-13,15-16,23H,5-7,14,17-18H2,1-4H3,(H,26,29). The number of benzene rings is 2. The van der Waals surface area contributed by atoms with E-state index in [2.05, 4.69) is 12.2 Å². The second kappa shape index (κ2) is 12.0. The fourth-order valence-corrected chi connectivity index (χ4v) is 3.49. The molecule has 5 nitrogen and oxygen atoms in total. The third-order valence-corrected chi connectivity index (χ3v) is 5.14. The second-order valence-corrected chi connectivity index (χ2v) is 7.61. The van der Waals surface area contributed by atoms with Gasteiger partial charge in [-0.2, -0.15) is 0 Å². The van der Waals surface area contributed by atoms with Gasteiger partial charge in [0.2, 0.25) is 11.8 Å². The van der Waals surface area contributed by atoms with Gasteiger partial charge >= 0.3 is 0 Å². The van der Waals surface area contributed by atoms with Gasteiger partial charge in [-0.15, -0.1) is 0 Å². The van der Waals surface area contributed by atoms with Crippen molar-refractivity contribution in [1.82, 2.24) is 10.2 Å². The number of aryl methyl sites for hydroxylation is 1. The van der Waals surface area contributed by atoms with E-state index < -0.39 is 6.04 Å². The number of unbranched alkanes of at least 4 members (excludes halogenated alkanes) is 1. The number of amides is 2. The van der Waals surface area contributed by atoms with Crippen LogP contribution >= 0.6 is 0 Å². The summed E-state index contributed by atoms with van der Waals surface area (Å²) in [7, 11) is 1.62. The molecule has 0 aromatic heterocycles. The predicted molar refractivity (Wildman–Crippen MR) is 120 cm³/mol. The number of ether oxygens (including phenoxy) is 1. The topological polar surface area (TPSA) is 58.6 Å². The van der Waals surface area contributed by atoms with Crippen molar-refractivity contribution in [2.24, 2.45) is 0 Å². The quantitative estimate of drug-likeness (QED) is 0.563. The van der Waals surface area contributed by atoms with Crippen LogP contribution in [-0.2, 0) is 22.6 Å². The number of nitrogens with one attached hydrogen (secondary N) is 1. The molecular weight excluding hydrogens is 376 g/mol. The molecule has 0 bridgehead atoms. The Morgan fingerprint density at radius 2 is 1.80 bits per heavy atom. The molecule has 0 aliphatic carbocycles.